The van der Waals surface area contributed by atoms with Gasteiger partial charge >= 0.3 is 5.97 Å². The van der Waals surface area contributed by atoms with Crippen molar-refractivity contribution in [1.29, 1.82) is 0 Å². The van der Waals surface area contributed by atoms with Crippen LogP contribution in [0.1, 0.15) is 19.3 Å². The van der Waals surface area contributed by atoms with E-state index in [1.54, 1.807) is 0 Å². The van der Waals surface area contributed by atoms with Gasteiger partial charge in [0, 0.05) is 28.4 Å². The van der Waals surface area contributed by atoms with Crippen LogP contribution in [0.2, 0.25) is 0 Å². The number of nitrogens with one attached hydrogen (secondary N) is 1. The fraction of sp³-hybridized carbons (Fsp3) is 0.833. The summed E-state index contributed by atoms with van der Waals surface area (Å²) < 4.78 is 7.63. The van der Waals surface area contributed by atoms with E-state index in [0.717, 1.165) is 12.8 Å². The Labute approximate surface area is 74.0 Å². The van der Waals surface area contributed by atoms with Crippen LogP contribution in [0.15, 0.2) is 0 Å². The first-order valence-corrected chi connectivity index (χ1v) is 4.25. The molecule has 1 rings (SSSR count). The highest BCUT2D eigenvalue weighted by atomic mass is 127. The first kappa shape index (κ1) is 8.26. The van der Waals surface area contributed by atoms with Crippen molar-refractivity contribution in [2.75, 3.05) is 7.11 Å². The van der Waals surface area contributed by atoms with E-state index < -0.39 is 0 Å². The molecule has 10 heavy (non-hydrogen) atoms. The largest absolute Gasteiger partial charge is 0.469 e. The molecule has 0 bridgehead atoms. The molecule has 1 N–H and O–H groups in total. The maximum atomic E-state index is 10.8. The molecule has 0 amide bonds. The third kappa shape index (κ3) is 1.82. The molecular weight excluding hydrogens is 245 g/mol. The Balaban J connectivity index is 2.30. The summed E-state index contributed by atoms with van der Waals surface area (Å²) in [6.07, 6.45) is 2.68. The van der Waals surface area contributed by atoms with E-state index in [1.165, 1.54) is 7.11 Å². The fourth-order valence-electron chi connectivity index (χ4n) is 0.804. The van der Waals surface area contributed by atoms with Crippen LogP contribution < -0.4 is 3.53 Å². The highest BCUT2D eigenvalue weighted by Crippen LogP contribution is 2.39. The van der Waals surface area contributed by atoms with Gasteiger partial charge in [-0.05, 0) is 12.8 Å². The van der Waals surface area contributed by atoms with Crippen molar-refractivity contribution in [3.05, 3.63) is 0 Å². The van der Waals surface area contributed by atoms with E-state index in [-0.39, 0.29) is 11.5 Å². The van der Waals surface area contributed by atoms with Gasteiger partial charge in [-0.15, -0.1) is 0 Å². The first-order valence-electron chi connectivity index (χ1n) is 3.17. The standard InChI is InChI=1S/C6H10INO2/c1-10-5(9)4-6(8-7)2-3-6/h8H,2-4H2,1H3. The van der Waals surface area contributed by atoms with Crippen LogP contribution in [0.3, 0.4) is 0 Å². The van der Waals surface area contributed by atoms with Gasteiger partial charge in [0.25, 0.3) is 0 Å². The number of halogens is 1. The summed E-state index contributed by atoms with van der Waals surface area (Å²) in [7, 11) is 1.42. The topological polar surface area (TPSA) is 38.3 Å². The lowest BCUT2D eigenvalue weighted by atomic mass is 10.2. The number of rotatable bonds is 3. The van der Waals surface area contributed by atoms with E-state index in [9.17, 15) is 4.79 Å². The maximum Gasteiger partial charge on any atom is 0.307 e. The van der Waals surface area contributed by atoms with Gasteiger partial charge in [0.2, 0.25) is 0 Å². The van der Waals surface area contributed by atoms with Crippen LogP contribution in [-0.2, 0) is 9.53 Å². The van der Waals surface area contributed by atoms with Crippen molar-refractivity contribution in [3.63, 3.8) is 0 Å². The molecule has 4 heteroatoms. The van der Waals surface area contributed by atoms with Crippen molar-refractivity contribution < 1.29 is 9.53 Å². The van der Waals surface area contributed by atoms with E-state index in [0.29, 0.717) is 6.42 Å². The summed E-state index contributed by atoms with van der Waals surface area (Å²) in [5.41, 5.74) is 0.0770. The van der Waals surface area contributed by atoms with Gasteiger partial charge in [0.1, 0.15) is 0 Å². The lowest BCUT2D eigenvalue weighted by molar-refractivity contribution is -0.141. The monoisotopic (exact) mass is 255 g/mol. The smallest absolute Gasteiger partial charge is 0.307 e. The summed E-state index contributed by atoms with van der Waals surface area (Å²) in [5.74, 6) is -0.123. The highest BCUT2D eigenvalue weighted by Gasteiger charge is 2.43. The van der Waals surface area contributed by atoms with Gasteiger partial charge in [-0.25, -0.2) is 0 Å². The predicted molar refractivity (Wildman–Crippen MR) is 45.8 cm³/mol. The molecule has 0 saturated heterocycles. The normalized spacial score (nSPS) is 20.2. The molecule has 0 atom stereocenters. The minimum atomic E-state index is -0.123. The van der Waals surface area contributed by atoms with Gasteiger partial charge in [0.05, 0.1) is 13.5 Å². The van der Waals surface area contributed by atoms with Crippen LogP contribution in [0.5, 0.6) is 0 Å². The molecule has 1 fully saturated rings. The molecule has 0 aromatic heterocycles. The molecule has 1 saturated carbocycles. The molecule has 0 radical (unpaired) electrons. The summed E-state index contributed by atoms with van der Waals surface area (Å²) in [5, 5.41) is 0. The van der Waals surface area contributed by atoms with Crippen LogP contribution in [0, 0.1) is 0 Å². The molecule has 0 unspecified atom stereocenters. The Morgan fingerprint density at radius 2 is 2.40 bits per heavy atom. The number of hydrogen-bond donors (Lipinski definition) is 1. The van der Waals surface area contributed by atoms with E-state index in [1.807, 2.05) is 0 Å². The summed E-state index contributed by atoms with van der Waals surface area (Å²) >= 11 is 2.08. The van der Waals surface area contributed by atoms with Crippen LogP contribution >= 0.6 is 22.9 Å². The molecule has 1 aliphatic rings. The molecule has 0 aliphatic heterocycles. The second kappa shape index (κ2) is 3.04. The number of carbonyl (C=O) groups excluding carboxylic acids is 1. The van der Waals surface area contributed by atoms with Gasteiger partial charge in [-0.3, -0.25) is 8.32 Å². The fourth-order valence-corrected chi connectivity index (χ4v) is 1.53. The van der Waals surface area contributed by atoms with Crippen molar-refractivity contribution in [2.24, 2.45) is 0 Å². The predicted octanol–water partition coefficient (Wildman–Crippen LogP) is 1.02. The quantitative estimate of drug-likeness (QED) is 0.465. The van der Waals surface area contributed by atoms with Gasteiger partial charge < -0.3 is 4.74 Å². The van der Waals surface area contributed by atoms with Crippen LogP contribution in [-0.4, -0.2) is 18.6 Å². The Kier molecular flexibility index (Phi) is 2.51. The zero-order valence-corrected chi connectivity index (χ0v) is 7.97. The molecule has 3 nitrogen and oxygen atoms in total. The molecule has 0 aromatic rings. The van der Waals surface area contributed by atoms with Crippen molar-refractivity contribution in [1.82, 2.24) is 3.53 Å². The van der Waals surface area contributed by atoms with Crippen molar-refractivity contribution >= 4 is 28.8 Å². The maximum absolute atomic E-state index is 10.8. The van der Waals surface area contributed by atoms with E-state index in [4.69, 9.17) is 0 Å². The van der Waals surface area contributed by atoms with E-state index >= 15 is 0 Å². The number of esters is 1. The zero-order valence-electron chi connectivity index (χ0n) is 5.82. The summed E-state index contributed by atoms with van der Waals surface area (Å²) in [6, 6.07) is 0. The number of ether oxygens (including phenoxy) is 1. The average molecular weight is 255 g/mol. The minimum absolute atomic E-state index is 0.0770. The molecule has 0 spiro atoms. The number of carbonyl (C=O) groups is 1. The highest BCUT2D eigenvalue weighted by molar-refractivity contribution is 14.1. The Hall–Kier alpha value is 0.160. The third-order valence-electron chi connectivity index (χ3n) is 1.76. The minimum Gasteiger partial charge on any atom is -0.469 e. The van der Waals surface area contributed by atoms with Crippen LogP contribution in [0.25, 0.3) is 0 Å². The number of hydrogen-bond acceptors (Lipinski definition) is 3. The second-order valence-electron chi connectivity index (χ2n) is 2.63. The Morgan fingerprint density at radius 1 is 1.80 bits per heavy atom. The molecule has 58 valence electrons. The van der Waals surface area contributed by atoms with Crippen LogP contribution in [0.4, 0.5) is 0 Å². The van der Waals surface area contributed by atoms with E-state index in [2.05, 4.69) is 31.1 Å². The Morgan fingerprint density at radius 3 is 2.70 bits per heavy atom. The third-order valence-corrected chi connectivity index (χ3v) is 2.91. The lowest BCUT2D eigenvalue weighted by Crippen LogP contribution is -2.26. The molecular formula is C6H10INO2. The SMILES string of the molecule is COC(=O)CC1(NI)CC1. The molecule has 1 aliphatic carbocycles. The van der Waals surface area contributed by atoms with Crippen molar-refractivity contribution in [2.45, 2.75) is 24.8 Å². The van der Waals surface area contributed by atoms with Crippen molar-refractivity contribution in [3.8, 4) is 0 Å². The first-order chi connectivity index (χ1) is 4.72. The van der Waals surface area contributed by atoms with Gasteiger partial charge in [-0.1, -0.05) is 0 Å². The average Bonchev–Trinajstić information content (AvgIpc) is 2.70. The van der Waals surface area contributed by atoms with Gasteiger partial charge in [0.15, 0.2) is 0 Å². The molecule has 0 heterocycles. The summed E-state index contributed by atoms with van der Waals surface area (Å²) in [6.45, 7) is 0. The summed E-state index contributed by atoms with van der Waals surface area (Å²) in [4.78, 5) is 10.8. The number of methoxy groups -OCH3 is 1. The zero-order chi connectivity index (χ0) is 7.61. The second-order valence-corrected chi connectivity index (χ2v) is 3.17. The molecule has 0 aromatic carbocycles. The lowest BCUT2D eigenvalue weighted by Gasteiger charge is -2.09. The van der Waals surface area contributed by atoms with Gasteiger partial charge in [-0.2, -0.15) is 0 Å². The Bertz CT molecular complexity index is 145.